The van der Waals surface area contributed by atoms with Crippen LogP contribution in [0.1, 0.15) is 58.9 Å². The van der Waals surface area contributed by atoms with Crippen molar-refractivity contribution in [3.63, 3.8) is 0 Å². The molecule has 0 fully saturated rings. The van der Waals surface area contributed by atoms with Crippen LogP contribution in [0.2, 0.25) is 0 Å². The Hall–Kier alpha value is -3.13. The van der Waals surface area contributed by atoms with Crippen LogP contribution in [-0.2, 0) is 16.1 Å². The van der Waals surface area contributed by atoms with E-state index in [0.29, 0.717) is 36.0 Å². The van der Waals surface area contributed by atoms with Crippen molar-refractivity contribution in [3.05, 3.63) is 95.2 Å². The van der Waals surface area contributed by atoms with Crippen LogP contribution < -0.4 is 16.6 Å². The minimum atomic E-state index is -1.54. The van der Waals surface area contributed by atoms with Crippen molar-refractivity contribution in [2.45, 2.75) is 59.9 Å². The van der Waals surface area contributed by atoms with Crippen LogP contribution in [0.4, 0.5) is 13.2 Å². The van der Waals surface area contributed by atoms with Crippen molar-refractivity contribution in [3.8, 4) is 0 Å². The summed E-state index contributed by atoms with van der Waals surface area (Å²) in [5.41, 5.74) is 12.6. The molecule has 43 heavy (non-hydrogen) atoms. The summed E-state index contributed by atoms with van der Waals surface area (Å²) in [6, 6.07) is 1.86. The first-order valence-electron chi connectivity index (χ1n) is 14.1. The number of nitrogens with one attached hydrogen (secondary N) is 2. The van der Waals surface area contributed by atoms with Crippen LogP contribution in [0.15, 0.2) is 77.2 Å². The van der Waals surface area contributed by atoms with Crippen molar-refractivity contribution in [2.24, 2.45) is 16.6 Å². The zero-order chi connectivity index (χ0) is 32.2. The third-order valence-corrected chi connectivity index (χ3v) is 6.10. The van der Waals surface area contributed by atoms with Gasteiger partial charge in [-0.2, -0.15) is 0 Å². The molecule has 0 saturated heterocycles. The van der Waals surface area contributed by atoms with Gasteiger partial charge in [0.1, 0.15) is 0 Å². The van der Waals surface area contributed by atoms with Crippen molar-refractivity contribution in [1.82, 2.24) is 15.8 Å². The minimum Gasteiger partial charge on any atom is -0.0628 e. The summed E-state index contributed by atoms with van der Waals surface area (Å²) < 4.78 is 49.2. The maximum absolute atomic E-state index is 14.0. The second-order valence-corrected chi connectivity index (χ2v) is 10.6. The quantitative estimate of drug-likeness (QED) is 0.0158. The average molecular weight is 711 g/mol. The van der Waals surface area contributed by atoms with E-state index >= 15 is 0 Å². The van der Waals surface area contributed by atoms with Crippen molar-refractivity contribution in [2.75, 3.05) is 13.2 Å². The van der Waals surface area contributed by atoms with E-state index in [9.17, 15) is 18.0 Å². The molecule has 4 N–H and O–H groups in total. The number of carbonyl (C=O) groups is 1. The molecular weight excluding hydrogens is 669 g/mol. The summed E-state index contributed by atoms with van der Waals surface area (Å²) in [4.78, 5) is 18.3. The Kier molecular flexibility index (Phi) is 19.0. The molecule has 7 nitrogen and oxygen atoms in total. The van der Waals surface area contributed by atoms with Gasteiger partial charge in [-0.05, 0) is 5.92 Å². The van der Waals surface area contributed by atoms with Gasteiger partial charge in [0.2, 0.25) is 0 Å². The van der Waals surface area contributed by atoms with Crippen molar-refractivity contribution in [1.29, 1.82) is 0 Å². The number of hydrogen-bond acceptors (Lipinski definition) is 4. The van der Waals surface area contributed by atoms with Crippen LogP contribution in [0.25, 0.3) is 0 Å². The van der Waals surface area contributed by atoms with E-state index in [1.807, 2.05) is 42.3 Å². The Morgan fingerprint density at radius 2 is 1.93 bits per heavy atom. The Morgan fingerprint density at radius 1 is 1.23 bits per heavy atom. The maximum atomic E-state index is 14.0. The Morgan fingerprint density at radius 3 is 2.49 bits per heavy atom. The molecule has 0 radical (unpaired) electrons. The number of guanidine groups is 1. The third kappa shape index (κ3) is 15.3. The molecule has 1 aromatic carbocycles. The first-order chi connectivity index (χ1) is 20.6. The van der Waals surface area contributed by atoms with Crippen LogP contribution in [0.5, 0.6) is 0 Å². The van der Waals surface area contributed by atoms with Gasteiger partial charge in [0.05, 0.1) is 0 Å². The van der Waals surface area contributed by atoms with Gasteiger partial charge in [0, 0.05) is 0 Å². The van der Waals surface area contributed by atoms with E-state index in [1.165, 1.54) is 0 Å². The van der Waals surface area contributed by atoms with Gasteiger partial charge >= 0.3 is 249 Å². The molecule has 0 bridgehead atoms. The van der Waals surface area contributed by atoms with Gasteiger partial charge in [0.15, 0.2) is 0 Å². The normalized spacial score (nSPS) is 13.1. The van der Waals surface area contributed by atoms with E-state index in [1.54, 1.807) is 46.1 Å². The molecule has 1 aromatic rings. The number of ether oxygens (including phenoxy) is 1. The molecule has 0 saturated carbocycles. The van der Waals surface area contributed by atoms with Gasteiger partial charge in [-0.25, -0.2) is 0 Å². The molecule has 0 heterocycles. The van der Waals surface area contributed by atoms with E-state index in [0.717, 1.165) is 31.4 Å². The zero-order valence-electron chi connectivity index (χ0n) is 25.3. The second kappa shape index (κ2) is 21.5. The van der Waals surface area contributed by atoms with Crippen LogP contribution >= 0.6 is 22.4 Å². The molecule has 0 aromatic heterocycles. The van der Waals surface area contributed by atoms with E-state index in [-0.39, 0.29) is 24.6 Å². The Labute approximate surface area is 267 Å². The molecule has 0 atom stereocenters. The number of benzene rings is 1. The molecule has 0 aliphatic carbocycles. The molecule has 0 unspecified atom stereocenters. The number of carbonyl (C=O) groups excluding carboxylic acids is 1. The first-order valence-corrected chi connectivity index (χ1v) is 15.3. The summed E-state index contributed by atoms with van der Waals surface area (Å²) >= 11 is 2.01. The number of hydrazine groups is 1. The molecular formula is C31H42BF3IN5O2. The number of allylic oxidation sites excluding steroid dienone is 7. The third-order valence-electron chi connectivity index (χ3n) is 5.78. The summed E-state index contributed by atoms with van der Waals surface area (Å²) in [7, 11) is 0. The molecule has 1 rings (SSSR count). The Bertz CT molecular complexity index is 1220. The standard InChI is InChI=1S/C31H42BF3IN5O2/c1-6-9-13-24(30(37)42)19-38-40-31(41(21-32-36)20-23-17-27(33)29(35)28(34)18-23)39-25(11-7-2)14-15-26(8-3)43-16-10-12-22(4)5/h6,8-9,13-15,17-18,21-22,38H,3,7,10-12,16,19-20H2,1-2,4-5H3,(H2,37,42)(H,39,40)/b9-6-,24-13-,25-14+,26-15+. The number of amides is 1. The molecule has 0 spiro atoms. The predicted octanol–water partition coefficient (Wildman–Crippen LogP) is 6.36. The fourth-order valence-corrected chi connectivity index (χ4v) is 3.98. The van der Waals surface area contributed by atoms with E-state index in [2.05, 4.69) is 31.3 Å². The fourth-order valence-electron chi connectivity index (χ4n) is 3.59. The topological polar surface area (TPSA) is 92.0 Å². The average Bonchev–Trinajstić information content (AvgIpc) is 2.95. The van der Waals surface area contributed by atoms with Gasteiger partial charge in [-0.15, -0.1) is 0 Å². The smallest absolute Gasteiger partial charge is 0.0628 e. The number of nitrogens with two attached hydrogens (primary N) is 1. The number of primary amides is 1. The van der Waals surface area contributed by atoms with E-state index in [4.69, 9.17) is 15.5 Å². The van der Waals surface area contributed by atoms with Crippen LogP contribution in [-0.4, -0.2) is 40.8 Å². The van der Waals surface area contributed by atoms with Crippen molar-refractivity contribution >= 4 is 45.1 Å². The van der Waals surface area contributed by atoms with Gasteiger partial charge < -0.3 is 0 Å². The number of rotatable bonds is 18. The van der Waals surface area contributed by atoms with Crippen LogP contribution in [0, 0.1) is 23.4 Å². The number of halogens is 4. The van der Waals surface area contributed by atoms with Gasteiger partial charge in [-0.3, -0.25) is 0 Å². The molecule has 1 amide bonds. The summed E-state index contributed by atoms with van der Waals surface area (Å²) in [5, 5.41) is 0. The summed E-state index contributed by atoms with van der Waals surface area (Å²) in [6.45, 7) is 12.5. The SMILES string of the molecule is C=C/C(=C\C=C(/CCC)N=C(NNC/C(=C/C=C\C)C(N)=O)N(C=BI)Cc1cc(F)c(F)c(F)c1)OCCCC(C)C. The predicted molar refractivity (Wildman–Crippen MR) is 180 cm³/mol. The monoisotopic (exact) mass is 711 g/mol. The number of nitrogens with zero attached hydrogens (tertiary/aromatic N) is 2. The van der Waals surface area contributed by atoms with Crippen LogP contribution in [0.3, 0.4) is 0 Å². The van der Waals surface area contributed by atoms with E-state index < -0.39 is 23.4 Å². The molecule has 234 valence electrons. The Balaban J connectivity index is 3.47. The van der Waals surface area contributed by atoms with Gasteiger partial charge in [0.25, 0.3) is 0 Å². The zero-order valence-corrected chi connectivity index (χ0v) is 27.5. The summed E-state index contributed by atoms with van der Waals surface area (Å²) in [6.07, 6.45) is 15.3. The number of hydrogen-bond donors (Lipinski definition) is 3. The summed E-state index contributed by atoms with van der Waals surface area (Å²) in [5.74, 6) is -3.29. The number of aliphatic imine (C=N–C) groups is 1. The molecule has 0 aliphatic rings. The van der Waals surface area contributed by atoms with Crippen molar-refractivity contribution < 1.29 is 22.7 Å². The molecule has 12 heteroatoms. The molecule has 0 aliphatic heterocycles. The second-order valence-electron chi connectivity index (χ2n) is 9.84. The first kappa shape index (κ1) is 37.9. The minimum absolute atomic E-state index is 0.0513. The van der Waals surface area contributed by atoms with Gasteiger partial charge in [-0.1, -0.05) is 13.8 Å². The fraction of sp³-hybridized carbons (Fsp3) is 0.387.